The number of hydrogen-bond acceptors (Lipinski definition) is 4. The minimum atomic E-state index is -0.857. The zero-order chi connectivity index (χ0) is 23.0. The van der Waals surface area contributed by atoms with Crippen LogP contribution < -0.4 is 10.1 Å². The van der Waals surface area contributed by atoms with Crippen LogP contribution in [0.1, 0.15) is 27.9 Å². The van der Waals surface area contributed by atoms with E-state index < -0.39 is 5.97 Å². The zero-order valence-electron chi connectivity index (χ0n) is 18.1. The predicted octanol–water partition coefficient (Wildman–Crippen LogP) is 3.91. The van der Waals surface area contributed by atoms with E-state index in [1.54, 1.807) is 16.9 Å². The number of nitrogens with zero attached hydrogens (tertiary/aromatic N) is 2. The molecule has 2 N–H and O–H groups in total. The summed E-state index contributed by atoms with van der Waals surface area (Å²) in [6.45, 7) is 1.17. The van der Waals surface area contributed by atoms with E-state index in [0.29, 0.717) is 30.8 Å². The van der Waals surface area contributed by atoms with Crippen molar-refractivity contribution in [2.24, 2.45) is 0 Å². The van der Waals surface area contributed by atoms with Crippen molar-refractivity contribution in [3.63, 3.8) is 0 Å². The lowest BCUT2D eigenvalue weighted by atomic mass is 10.0. The normalized spacial score (nSPS) is 10.8. The van der Waals surface area contributed by atoms with Gasteiger partial charge in [0.2, 0.25) is 0 Å². The Balaban J connectivity index is 1.40. The second kappa shape index (κ2) is 10.5. The molecule has 0 aliphatic heterocycles. The largest absolute Gasteiger partial charge is 0.491 e. The molecule has 1 aromatic heterocycles. The van der Waals surface area contributed by atoms with Gasteiger partial charge in [-0.25, -0.2) is 0 Å². The third-order valence-electron chi connectivity index (χ3n) is 5.32. The molecule has 1 amide bonds. The molecule has 1 heterocycles. The third-order valence-corrected chi connectivity index (χ3v) is 5.32. The molecular weight excluding hydrogens is 418 g/mol. The molecule has 33 heavy (non-hydrogen) atoms. The minimum absolute atomic E-state index is 0.0205. The molecule has 0 radical (unpaired) electrons. The molecule has 0 aliphatic carbocycles. The number of rotatable bonds is 10. The van der Waals surface area contributed by atoms with Crippen LogP contribution in [0.25, 0.3) is 10.8 Å². The average Bonchev–Trinajstić information content (AvgIpc) is 3.33. The Hall–Kier alpha value is -4.13. The maximum atomic E-state index is 12.7. The number of amides is 1. The van der Waals surface area contributed by atoms with Crippen molar-refractivity contribution in [3.05, 3.63) is 95.8 Å². The lowest BCUT2D eigenvalue weighted by Gasteiger charge is -2.14. The highest BCUT2D eigenvalue weighted by atomic mass is 16.5. The Morgan fingerprint density at radius 3 is 2.70 bits per heavy atom. The van der Waals surface area contributed by atoms with E-state index in [4.69, 9.17) is 9.84 Å². The van der Waals surface area contributed by atoms with Crippen molar-refractivity contribution < 1.29 is 19.4 Å². The Kier molecular flexibility index (Phi) is 6.99. The molecule has 168 valence electrons. The molecule has 0 fully saturated rings. The average molecular weight is 444 g/mol. The Bertz CT molecular complexity index is 1250. The number of carboxylic acids is 1. The molecule has 7 nitrogen and oxygen atoms in total. The van der Waals surface area contributed by atoms with Crippen molar-refractivity contribution >= 4 is 22.6 Å². The van der Waals surface area contributed by atoms with Crippen LogP contribution in [0.4, 0.5) is 0 Å². The van der Waals surface area contributed by atoms with Crippen LogP contribution >= 0.6 is 0 Å². The summed E-state index contributed by atoms with van der Waals surface area (Å²) < 4.78 is 7.77. The van der Waals surface area contributed by atoms with E-state index in [2.05, 4.69) is 10.4 Å². The van der Waals surface area contributed by atoms with Crippen LogP contribution in [-0.2, 0) is 17.8 Å². The van der Waals surface area contributed by atoms with Gasteiger partial charge in [0.05, 0.1) is 13.1 Å². The first-order valence-electron chi connectivity index (χ1n) is 10.8. The number of aliphatic carboxylic acids is 1. The molecule has 0 bridgehead atoms. The monoisotopic (exact) mass is 443 g/mol. The summed E-state index contributed by atoms with van der Waals surface area (Å²) >= 11 is 0. The number of benzene rings is 3. The molecule has 7 heteroatoms. The van der Waals surface area contributed by atoms with Crippen LogP contribution in [0, 0.1) is 0 Å². The standard InChI is InChI=1S/C26H25N3O4/c30-25(31)12-11-21-10-9-19(18-29-15-4-13-28-29)17-24(21)33-16-14-27-26(32)23-8-3-6-20-5-1-2-7-22(20)23/h1-10,13,15,17H,11-12,14,16,18H2,(H,27,32)(H,30,31). The van der Waals surface area contributed by atoms with E-state index in [0.717, 1.165) is 21.9 Å². The molecule has 0 aliphatic rings. The van der Waals surface area contributed by atoms with Crippen LogP contribution in [-0.4, -0.2) is 39.9 Å². The predicted molar refractivity (Wildman–Crippen MR) is 126 cm³/mol. The third kappa shape index (κ3) is 5.77. The Labute approximate surface area is 191 Å². The van der Waals surface area contributed by atoms with Gasteiger partial charge < -0.3 is 15.2 Å². The van der Waals surface area contributed by atoms with E-state index >= 15 is 0 Å². The van der Waals surface area contributed by atoms with E-state index in [1.165, 1.54) is 0 Å². The highest BCUT2D eigenvalue weighted by Crippen LogP contribution is 2.23. The van der Waals surface area contributed by atoms with Gasteiger partial charge >= 0.3 is 5.97 Å². The summed E-state index contributed by atoms with van der Waals surface area (Å²) in [4.78, 5) is 23.7. The van der Waals surface area contributed by atoms with Gasteiger partial charge in [-0.1, -0.05) is 48.5 Å². The molecule has 4 aromatic rings. The highest BCUT2D eigenvalue weighted by Gasteiger charge is 2.11. The molecule has 4 rings (SSSR count). The summed E-state index contributed by atoms with van der Waals surface area (Å²) in [5, 5.41) is 18.1. The van der Waals surface area contributed by atoms with E-state index in [-0.39, 0.29) is 18.9 Å². The van der Waals surface area contributed by atoms with Crippen molar-refractivity contribution in [1.82, 2.24) is 15.1 Å². The maximum Gasteiger partial charge on any atom is 0.303 e. The Morgan fingerprint density at radius 1 is 1.03 bits per heavy atom. The minimum Gasteiger partial charge on any atom is -0.491 e. The number of carbonyl (C=O) groups excluding carboxylic acids is 1. The van der Waals surface area contributed by atoms with Gasteiger partial charge in [0.25, 0.3) is 5.91 Å². The van der Waals surface area contributed by atoms with E-state index in [9.17, 15) is 9.59 Å². The van der Waals surface area contributed by atoms with Gasteiger partial charge in [-0.3, -0.25) is 14.3 Å². The SMILES string of the molecule is O=C(O)CCc1ccc(Cn2cccn2)cc1OCCNC(=O)c1cccc2ccccc12. The number of aryl methyl sites for hydroxylation is 1. The summed E-state index contributed by atoms with van der Waals surface area (Å²) in [6.07, 6.45) is 3.99. The molecule has 0 saturated carbocycles. The highest BCUT2D eigenvalue weighted by molar-refractivity contribution is 6.06. The van der Waals surface area contributed by atoms with Crippen LogP contribution in [0.3, 0.4) is 0 Å². The quantitative estimate of drug-likeness (QED) is 0.363. The molecular formula is C26H25N3O4. The second-order valence-electron chi connectivity index (χ2n) is 7.67. The second-order valence-corrected chi connectivity index (χ2v) is 7.67. The molecule has 3 aromatic carbocycles. The lowest BCUT2D eigenvalue weighted by molar-refractivity contribution is -0.136. The fraction of sp³-hybridized carbons (Fsp3) is 0.192. The van der Waals surface area contributed by atoms with Gasteiger partial charge in [0, 0.05) is 24.4 Å². The number of aromatic nitrogens is 2. The van der Waals surface area contributed by atoms with Gasteiger partial charge in [-0.05, 0) is 46.5 Å². The van der Waals surface area contributed by atoms with Crippen LogP contribution in [0.15, 0.2) is 79.1 Å². The van der Waals surface area contributed by atoms with Gasteiger partial charge in [0.1, 0.15) is 12.4 Å². The van der Waals surface area contributed by atoms with Crippen molar-refractivity contribution in [2.75, 3.05) is 13.2 Å². The number of hydrogen-bond donors (Lipinski definition) is 2. The molecule has 0 saturated heterocycles. The molecule has 0 spiro atoms. The summed E-state index contributed by atoms with van der Waals surface area (Å²) in [6, 6.07) is 21.0. The first-order valence-corrected chi connectivity index (χ1v) is 10.8. The fourth-order valence-corrected chi connectivity index (χ4v) is 3.71. The van der Waals surface area contributed by atoms with Crippen molar-refractivity contribution in [2.45, 2.75) is 19.4 Å². The molecule has 0 atom stereocenters. The van der Waals surface area contributed by atoms with Crippen molar-refractivity contribution in [3.8, 4) is 5.75 Å². The zero-order valence-corrected chi connectivity index (χ0v) is 18.1. The lowest BCUT2D eigenvalue weighted by Crippen LogP contribution is -2.28. The van der Waals surface area contributed by atoms with Crippen LogP contribution in [0.2, 0.25) is 0 Å². The topological polar surface area (TPSA) is 93.4 Å². The number of ether oxygens (including phenoxy) is 1. The first kappa shape index (κ1) is 22.1. The van der Waals surface area contributed by atoms with Crippen LogP contribution in [0.5, 0.6) is 5.75 Å². The van der Waals surface area contributed by atoms with Gasteiger partial charge in [-0.15, -0.1) is 0 Å². The fourth-order valence-electron chi connectivity index (χ4n) is 3.71. The smallest absolute Gasteiger partial charge is 0.303 e. The summed E-state index contributed by atoms with van der Waals surface area (Å²) in [5.74, 6) is -0.391. The van der Waals surface area contributed by atoms with Gasteiger partial charge in [0.15, 0.2) is 0 Å². The number of nitrogens with one attached hydrogen (secondary N) is 1. The number of carboxylic acid groups (broad SMARTS) is 1. The molecule has 0 unspecified atom stereocenters. The summed E-state index contributed by atoms with van der Waals surface area (Å²) in [5.41, 5.74) is 2.44. The number of fused-ring (bicyclic) bond motifs is 1. The van der Waals surface area contributed by atoms with Crippen molar-refractivity contribution in [1.29, 1.82) is 0 Å². The first-order chi connectivity index (χ1) is 16.1. The maximum absolute atomic E-state index is 12.7. The van der Waals surface area contributed by atoms with E-state index in [1.807, 2.05) is 66.9 Å². The Morgan fingerprint density at radius 2 is 1.88 bits per heavy atom. The van der Waals surface area contributed by atoms with Gasteiger partial charge in [-0.2, -0.15) is 5.10 Å². The number of carbonyl (C=O) groups is 2. The summed E-state index contributed by atoms with van der Waals surface area (Å²) in [7, 11) is 0.